The summed E-state index contributed by atoms with van der Waals surface area (Å²) >= 11 is 0. The summed E-state index contributed by atoms with van der Waals surface area (Å²) in [6.45, 7) is 1.93. The number of benzene rings is 1. The molecule has 3 unspecified atom stereocenters. The Kier molecular flexibility index (Phi) is 2.28. The molecule has 3 nitrogen and oxygen atoms in total. The first-order valence-electron chi connectivity index (χ1n) is 5.94. The Balaban J connectivity index is 1.86. The van der Waals surface area contributed by atoms with Crippen molar-refractivity contribution in [3.8, 4) is 5.75 Å². The lowest BCUT2D eigenvalue weighted by Gasteiger charge is -2.28. The van der Waals surface area contributed by atoms with Crippen LogP contribution in [0.3, 0.4) is 0 Å². The van der Waals surface area contributed by atoms with Gasteiger partial charge in [-0.25, -0.2) is 0 Å². The predicted octanol–water partition coefficient (Wildman–Crippen LogP) is 1.48. The number of fused-ring (bicyclic) bond motifs is 1. The van der Waals surface area contributed by atoms with E-state index >= 15 is 0 Å². The molecule has 0 spiro atoms. The second-order valence-corrected chi connectivity index (χ2v) is 4.82. The topological polar surface area (TPSA) is 38.5 Å². The Morgan fingerprint density at radius 2 is 2.38 bits per heavy atom. The Labute approximate surface area is 96.2 Å². The number of nitrogens with two attached hydrogens (primary N) is 1. The number of hydrogen-bond acceptors (Lipinski definition) is 3. The maximum absolute atomic E-state index is 5.88. The summed E-state index contributed by atoms with van der Waals surface area (Å²) < 4.78 is 5.26. The molecule has 1 saturated carbocycles. The molecule has 3 rings (SSSR count). The summed E-state index contributed by atoms with van der Waals surface area (Å²) in [6, 6.07) is 8.82. The smallest absolute Gasteiger partial charge is 0.120 e. The van der Waals surface area contributed by atoms with Gasteiger partial charge in [0.25, 0.3) is 0 Å². The van der Waals surface area contributed by atoms with Crippen molar-refractivity contribution in [3.05, 3.63) is 24.3 Å². The zero-order chi connectivity index (χ0) is 11.1. The normalized spacial score (nSPS) is 31.4. The number of nitrogens with zero attached hydrogens (tertiary/aromatic N) is 1. The van der Waals surface area contributed by atoms with Crippen LogP contribution in [0.5, 0.6) is 5.75 Å². The van der Waals surface area contributed by atoms with Gasteiger partial charge in [-0.05, 0) is 30.4 Å². The third-order valence-electron chi connectivity index (χ3n) is 3.93. The molecule has 2 N–H and O–H groups in total. The van der Waals surface area contributed by atoms with Gasteiger partial charge in [0.1, 0.15) is 5.75 Å². The van der Waals surface area contributed by atoms with E-state index in [4.69, 9.17) is 10.5 Å². The standard InChI is InChI=1S/C13H18N2O/c1-16-11-4-2-3-10(6-11)15-8-9-5-12(9)13(15)7-14/h2-4,6,9,12-13H,5,7-8,14H2,1H3. The van der Waals surface area contributed by atoms with Gasteiger partial charge in [0.05, 0.1) is 7.11 Å². The van der Waals surface area contributed by atoms with Crippen LogP contribution < -0.4 is 15.4 Å². The number of hydrogen-bond donors (Lipinski definition) is 1. The minimum atomic E-state index is 0.539. The van der Waals surface area contributed by atoms with Crippen LogP contribution in [0.25, 0.3) is 0 Å². The van der Waals surface area contributed by atoms with Crippen LogP contribution in [0.2, 0.25) is 0 Å². The molecule has 3 atom stereocenters. The zero-order valence-corrected chi connectivity index (χ0v) is 9.60. The zero-order valence-electron chi connectivity index (χ0n) is 9.60. The molecule has 1 aliphatic heterocycles. The van der Waals surface area contributed by atoms with Gasteiger partial charge >= 0.3 is 0 Å². The van der Waals surface area contributed by atoms with Crippen LogP contribution in [-0.2, 0) is 0 Å². The molecule has 16 heavy (non-hydrogen) atoms. The highest BCUT2D eigenvalue weighted by molar-refractivity contribution is 5.53. The fourth-order valence-electron chi connectivity index (χ4n) is 2.96. The average molecular weight is 218 g/mol. The Morgan fingerprint density at radius 1 is 1.50 bits per heavy atom. The van der Waals surface area contributed by atoms with E-state index in [1.165, 1.54) is 18.7 Å². The predicted molar refractivity (Wildman–Crippen MR) is 64.8 cm³/mol. The molecule has 1 aromatic carbocycles. The molecule has 0 amide bonds. The number of methoxy groups -OCH3 is 1. The van der Waals surface area contributed by atoms with Crippen LogP contribution in [0, 0.1) is 11.8 Å². The fraction of sp³-hybridized carbons (Fsp3) is 0.538. The quantitative estimate of drug-likeness (QED) is 0.835. The van der Waals surface area contributed by atoms with E-state index in [-0.39, 0.29) is 0 Å². The van der Waals surface area contributed by atoms with Gasteiger partial charge in [-0.3, -0.25) is 0 Å². The van der Waals surface area contributed by atoms with E-state index in [0.29, 0.717) is 6.04 Å². The minimum absolute atomic E-state index is 0.539. The van der Waals surface area contributed by atoms with E-state index < -0.39 is 0 Å². The number of anilines is 1. The van der Waals surface area contributed by atoms with Gasteiger partial charge in [0.15, 0.2) is 0 Å². The second-order valence-electron chi connectivity index (χ2n) is 4.82. The lowest BCUT2D eigenvalue weighted by Crippen LogP contribution is -2.38. The van der Waals surface area contributed by atoms with Crippen LogP contribution in [0.1, 0.15) is 6.42 Å². The van der Waals surface area contributed by atoms with Gasteiger partial charge in [-0.1, -0.05) is 6.07 Å². The molecule has 3 heteroatoms. The van der Waals surface area contributed by atoms with Crippen molar-refractivity contribution in [1.29, 1.82) is 0 Å². The molecule has 1 heterocycles. The van der Waals surface area contributed by atoms with Crippen molar-refractivity contribution in [3.63, 3.8) is 0 Å². The summed E-state index contributed by atoms with van der Waals surface area (Å²) in [4.78, 5) is 2.45. The third-order valence-corrected chi connectivity index (χ3v) is 3.93. The summed E-state index contributed by atoms with van der Waals surface area (Å²) in [6.07, 6.45) is 1.38. The van der Waals surface area contributed by atoms with Crippen molar-refractivity contribution >= 4 is 5.69 Å². The molecule has 0 aromatic heterocycles. The molecule has 2 fully saturated rings. The summed E-state index contributed by atoms with van der Waals surface area (Å²) in [5, 5.41) is 0. The van der Waals surface area contributed by atoms with Gasteiger partial charge < -0.3 is 15.4 Å². The highest BCUT2D eigenvalue weighted by atomic mass is 16.5. The van der Waals surface area contributed by atoms with E-state index in [9.17, 15) is 0 Å². The Bertz CT molecular complexity index is 393. The second kappa shape index (κ2) is 3.67. The van der Waals surface area contributed by atoms with Crippen molar-refractivity contribution < 1.29 is 4.74 Å². The van der Waals surface area contributed by atoms with E-state index in [1.54, 1.807) is 7.11 Å². The van der Waals surface area contributed by atoms with E-state index in [0.717, 1.165) is 24.1 Å². The van der Waals surface area contributed by atoms with Crippen LogP contribution >= 0.6 is 0 Å². The van der Waals surface area contributed by atoms with E-state index in [1.807, 2.05) is 12.1 Å². The van der Waals surface area contributed by atoms with Crippen LogP contribution in [0.4, 0.5) is 5.69 Å². The van der Waals surface area contributed by atoms with E-state index in [2.05, 4.69) is 17.0 Å². The highest BCUT2D eigenvalue weighted by Crippen LogP contribution is 2.50. The molecule has 1 saturated heterocycles. The lowest BCUT2D eigenvalue weighted by atomic mass is 10.1. The van der Waals surface area contributed by atoms with Crippen molar-refractivity contribution in [1.82, 2.24) is 0 Å². The first-order chi connectivity index (χ1) is 7.83. The summed E-state index contributed by atoms with van der Waals surface area (Å²) in [5.74, 6) is 2.66. The monoisotopic (exact) mass is 218 g/mol. The SMILES string of the molecule is COc1cccc(N2CC3CC3C2CN)c1. The molecular formula is C13H18N2O. The Morgan fingerprint density at radius 3 is 3.12 bits per heavy atom. The first-order valence-corrected chi connectivity index (χ1v) is 5.94. The molecule has 1 aliphatic carbocycles. The van der Waals surface area contributed by atoms with Gasteiger partial charge in [-0.2, -0.15) is 0 Å². The average Bonchev–Trinajstić information content (AvgIpc) is 3.01. The molecule has 0 radical (unpaired) electrons. The Hall–Kier alpha value is -1.22. The lowest BCUT2D eigenvalue weighted by molar-refractivity contribution is 0.414. The number of piperidine rings is 1. The minimum Gasteiger partial charge on any atom is -0.497 e. The summed E-state index contributed by atoms with van der Waals surface area (Å²) in [5.41, 5.74) is 7.13. The van der Waals surface area contributed by atoms with Gasteiger partial charge in [0.2, 0.25) is 0 Å². The van der Waals surface area contributed by atoms with Crippen molar-refractivity contribution in [2.24, 2.45) is 17.6 Å². The fourth-order valence-corrected chi connectivity index (χ4v) is 2.96. The number of rotatable bonds is 3. The van der Waals surface area contributed by atoms with Crippen molar-refractivity contribution in [2.45, 2.75) is 12.5 Å². The van der Waals surface area contributed by atoms with Gasteiger partial charge in [-0.15, -0.1) is 0 Å². The molecule has 2 aliphatic rings. The molecular weight excluding hydrogens is 200 g/mol. The van der Waals surface area contributed by atoms with Crippen LogP contribution in [0.15, 0.2) is 24.3 Å². The maximum atomic E-state index is 5.88. The maximum Gasteiger partial charge on any atom is 0.120 e. The first kappa shape index (κ1) is 9.97. The molecule has 86 valence electrons. The largest absolute Gasteiger partial charge is 0.497 e. The number of ether oxygens (including phenoxy) is 1. The third kappa shape index (κ3) is 1.47. The van der Waals surface area contributed by atoms with Crippen molar-refractivity contribution in [2.75, 3.05) is 25.1 Å². The molecule has 0 bridgehead atoms. The highest BCUT2D eigenvalue weighted by Gasteiger charge is 2.51. The van der Waals surface area contributed by atoms with Crippen LogP contribution in [-0.4, -0.2) is 26.2 Å². The van der Waals surface area contributed by atoms with Gasteiger partial charge in [0, 0.05) is 30.9 Å². The molecule has 1 aromatic rings. The summed E-state index contributed by atoms with van der Waals surface area (Å²) in [7, 11) is 1.71.